The maximum Gasteiger partial charge on any atom is 0.337 e. The largest absolute Gasteiger partial charge is 0.382 e. The number of hydrogen-bond donors (Lipinski definition) is 1. The Balaban J connectivity index is 4.57. The van der Waals surface area contributed by atoms with E-state index in [2.05, 4.69) is 0 Å². The van der Waals surface area contributed by atoms with Crippen LogP contribution in [0.15, 0.2) is 0 Å². The summed E-state index contributed by atoms with van der Waals surface area (Å²) in [5.41, 5.74) is 0. The minimum Gasteiger partial charge on any atom is -0.382 e. The third-order valence-corrected chi connectivity index (χ3v) is 2.65. The van der Waals surface area contributed by atoms with E-state index in [0.717, 1.165) is 0 Å². The van der Waals surface area contributed by atoms with E-state index in [0.29, 0.717) is 13.2 Å². The zero-order valence-electron chi connectivity index (χ0n) is 13.5. The minimum absolute atomic E-state index is 0.0946. The Bertz CT molecular complexity index is 240. The van der Waals surface area contributed by atoms with E-state index in [1.807, 2.05) is 0 Å². The summed E-state index contributed by atoms with van der Waals surface area (Å²) in [6, 6.07) is 0. The molecule has 0 spiro atoms. The molecule has 3 atom stereocenters. The second-order valence-corrected chi connectivity index (χ2v) is 4.08. The summed E-state index contributed by atoms with van der Waals surface area (Å²) in [4.78, 5) is 0. The van der Waals surface area contributed by atoms with Crippen LogP contribution in [0, 0.1) is 0 Å². The fourth-order valence-electron chi connectivity index (χ4n) is 1.54. The molecule has 0 radical (unpaired) electrons. The summed E-state index contributed by atoms with van der Waals surface area (Å²) in [7, 11) is 5.98. The number of hydrogen-bond acceptors (Lipinski definition) is 8. The van der Waals surface area contributed by atoms with Gasteiger partial charge in [-0.2, -0.15) is 0 Å². The number of rotatable bonds is 14. The van der Waals surface area contributed by atoms with Crippen LogP contribution in [0.3, 0.4) is 0 Å². The van der Waals surface area contributed by atoms with Crippen LogP contribution in [0.2, 0.25) is 0 Å². The Labute approximate surface area is 126 Å². The zero-order valence-corrected chi connectivity index (χ0v) is 13.5. The lowest BCUT2D eigenvalue weighted by Crippen LogP contribution is -2.52. The van der Waals surface area contributed by atoms with E-state index in [4.69, 9.17) is 33.2 Å². The number of ether oxygens (including phenoxy) is 7. The van der Waals surface area contributed by atoms with Crippen LogP contribution in [-0.4, -0.2) is 84.9 Å². The Kier molecular flexibility index (Phi) is 12.1. The first-order valence-electron chi connectivity index (χ1n) is 6.73. The molecule has 21 heavy (non-hydrogen) atoms. The molecular weight excluding hydrogens is 284 g/mol. The Morgan fingerprint density at radius 2 is 1.67 bits per heavy atom. The average Bonchev–Trinajstić information content (AvgIpc) is 2.50. The Morgan fingerprint density at radius 3 is 2.14 bits per heavy atom. The fraction of sp³-hybridized carbons (Fsp3) is 1.00. The van der Waals surface area contributed by atoms with Crippen LogP contribution in [0.25, 0.3) is 0 Å². The molecule has 8 heteroatoms. The Hall–Kier alpha value is -0.320. The predicted molar refractivity (Wildman–Crippen MR) is 73.8 cm³/mol. The highest BCUT2D eigenvalue weighted by Crippen LogP contribution is 2.21. The first-order chi connectivity index (χ1) is 10.1. The predicted octanol–water partition coefficient (Wildman–Crippen LogP) is -0.0175. The maximum atomic E-state index is 10.2. The van der Waals surface area contributed by atoms with Crippen molar-refractivity contribution < 1.29 is 38.3 Å². The molecule has 0 aliphatic carbocycles. The lowest BCUT2D eigenvalue weighted by Gasteiger charge is -2.35. The molecule has 0 aromatic carbocycles. The van der Waals surface area contributed by atoms with E-state index < -0.39 is 12.3 Å². The van der Waals surface area contributed by atoms with Gasteiger partial charge in [-0.15, -0.1) is 0 Å². The standard InChI is InChI=1S/C13H28O8/c1-6-20-13(18-5,21-8-7-15-2)12(14)19-10-11(17-4)9-16-3/h11-12,14H,6-10H2,1-5H3. The van der Waals surface area contributed by atoms with Crippen molar-refractivity contribution in [2.45, 2.75) is 25.3 Å². The van der Waals surface area contributed by atoms with E-state index >= 15 is 0 Å². The molecule has 0 aliphatic heterocycles. The van der Waals surface area contributed by atoms with Crippen molar-refractivity contribution in [1.82, 2.24) is 0 Å². The zero-order chi connectivity index (χ0) is 16.1. The van der Waals surface area contributed by atoms with E-state index in [-0.39, 0.29) is 25.9 Å². The Morgan fingerprint density at radius 1 is 0.952 bits per heavy atom. The lowest BCUT2D eigenvalue weighted by atomic mass is 10.4. The van der Waals surface area contributed by atoms with Crippen molar-refractivity contribution in [2.24, 2.45) is 0 Å². The van der Waals surface area contributed by atoms with Crippen LogP contribution < -0.4 is 0 Å². The van der Waals surface area contributed by atoms with Gasteiger partial charge in [0.15, 0.2) is 0 Å². The van der Waals surface area contributed by atoms with Crippen LogP contribution >= 0.6 is 0 Å². The highest BCUT2D eigenvalue weighted by atomic mass is 16.9. The molecule has 3 unspecified atom stereocenters. The highest BCUT2D eigenvalue weighted by molar-refractivity contribution is 4.64. The summed E-state index contributed by atoms with van der Waals surface area (Å²) < 4.78 is 36.3. The minimum atomic E-state index is -1.71. The topological polar surface area (TPSA) is 84.8 Å². The third kappa shape index (κ3) is 7.48. The quantitative estimate of drug-likeness (QED) is 0.354. The summed E-state index contributed by atoms with van der Waals surface area (Å²) in [6.45, 7) is 2.96. The molecule has 1 N–H and O–H groups in total. The van der Waals surface area contributed by atoms with Crippen molar-refractivity contribution in [2.75, 3.05) is 61.5 Å². The van der Waals surface area contributed by atoms with Crippen molar-refractivity contribution in [3.63, 3.8) is 0 Å². The van der Waals surface area contributed by atoms with Gasteiger partial charge in [-0.3, -0.25) is 0 Å². The van der Waals surface area contributed by atoms with Crippen molar-refractivity contribution in [3.8, 4) is 0 Å². The van der Waals surface area contributed by atoms with E-state index in [1.54, 1.807) is 21.1 Å². The summed E-state index contributed by atoms with van der Waals surface area (Å²) >= 11 is 0. The van der Waals surface area contributed by atoms with Gasteiger partial charge in [-0.05, 0) is 6.92 Å². The molecule has 0 heterocycles. The maximum absolute atomic E-state index is 10.2. The van der Waals surface area contributed by atoms with Crippen molar-refractivity contribution >= 4 is 0 Å². The molecule has 0 saturated carbocycles. The molecular formula is C13H28O8. The molecule has 128 valence electrons. The molecule has 0 aromatic heterocycles. The van der Waals surface area contributed by atoms with Gasteiger partial charge < -0.3 is 38.3 Å². The van der Waals surface area contributed by atoms with Crippen molar-refractivity contribution in [3.05, 3.63) is 0 Å². The normalized spacial score (nSPS) is 17.4. The van der Waals surface area contributed by atoms with Gasteiger partial charge in [0.05, 0.1) is 26.4 Å². The SMILES string of the molecule is CCOC(OC)(OCCOC)C(O)OCC(COC)OC. The lowest BCUT2D eigenvalue weighted by molar-refractivity contribution is -0.445. The molecule has 0 rings (SSSR count). The summed E-state index contributed by atoms with van der Waals surface area (Å²) in [5.74, 6) is -1.71. The fourth-order valence-corrected chi connectivity index (χ4v) is 1.54. The summed E-state index contributed by atoms with van der Waals surface area (Å²) in [5, 5.41) is 10.2. The first-order valence-corrected chi connectivity index (χ1v) is 6.73. The number of aliphatic hydroxyl groups excluding tert-OH is 1. The highest BCUT2D eigenvalue weighted by Gasteiger charge is 2.42. The van der Waals surface area contributed by atoms with Gasteiger partial charge in [-0.25, -0.2) is 0 Å². The molecule has 0 fully saturated rings. The van der Waals surface area contributed by atoms with Gasteiger partial charge in [0, 0.05) is 35.0 Å². The van der Waals surface area contributed by atoms with Crippen LogP contribution in [0.4, 0.5) is 0 Å². The van der Waals surface area contributed by atoms with Crippen LogP contribution in [0.1, 0.15) is 6.92 Å². The number of aliphatic hydroxyl groups is 1. The van der Waals surface area contributed by atoms with E-state index in [1.165, 1.54) is 14.2 Å². The first kappa shape index (κ1) is 20.7. The molecule has 0 amide bonds. The molecule has 0 aliphatic rings. The van der Waals surface area contributed by atoms with Crippen LogP contribution in [-0.2, 0) is 33.2 Å². The average molecular weight is 312 g/mol. The van der Waals surface area contributed by atoms with Gasteiger partial charge >= 0.3 is 5.97 Å². The van der Waals surface area contributed by atoms with Gasteiger partial charge in [0.1, 0.15) is 6.10 Å². The molecule has 0 bridgehead atoms. The van der Waals surface area contributed by atoms with Crippen LogP contribution in [0.5, 0.6) is 0 Å². The third-order valence-electron chi connectivity index (χ3n) is 2.65. The van der Waals surface area contributed by atoms with Gasteiger partial charge in [-0.1, -0.05) is 0 Å². The molecule has 0 saturated heterocycles. The second-order valence-electron chi connectivity index (χ2n) is 4.08. The molecule has 0 aromatic rings. The summed E-state index contributed by atoms with van der Waals surface area (Å²) in [6.07, 6.45) is -1.77. The second kappa shape index (κ2) is 12.2. The number of methoxy groups -OCH3 is 4. The smallest absolute Gasteiger partial charge is 0.337 e. The van der Waals surface area contributed by atoms with Gasteiger partial charge in [0.2, 0.25) is 6.29 Å². The molecule has 8 nitrogen and oxygen atoms in total. The monoisotopic (exact) mass is 312 g/mol. The van der Waals surface area contributed by atoms with E-state index in [9.17, 15) is 5.11 Å². The van der Waals surface area contributed by atoms with Crippen molar-refractivity contribution in [1.29, 1.82) is 0 Å². The van der Waals surface area contributed by atoms with Gasteiger partial charge in [0.25, 0.3) is 0 Å².